The molecule has 2 aromatic rings. The van der Waals surface area contributed by atoms with Crippen LogP contribution in [-0.4, -0.2) is 40.7 Å². The number of hydrogen-bond donors (Lipinski definition) is 1. The van der Waals surface area contributed by atoms with Crippen molar-refractivity contribution in [3.63, 3.8) is 0 Å². The van der Waals surface area contributed by atoms with Crippen LogP contribution in [0.5, 0.6) is 0 Å². The summed E-state index contributed by atoms with van der Waals surface area (Å²) >= 11 is 5.98. The molecule has 134 valence electrons. The minimum atomic E-state index is -0.0330. The maximum absolute atomic E-state index is 12.3. The fraction of sp³-hybridized carbons (Fsp3) is 0.500. The molecule has 0 unspecified atom stereocenters. The molecule has 0 aliphatic carbocycles. The van der Waals surface area contributed by atoms with Crippen LogP contribution in [0.4, 0.5) is 4.79 Å². The molecule has 1 N–H and O–H groups in total. The molecule has 0 bridgehead atoms. The van der Waals surface area contributed by atoms with E-state index in [1.807, 2.05) is 17.0 Å². The number of likely N-dealkylation sites (tertiary alicyclic amines) is 1. The fourth-order valence-electron chi connectivity index (χ4n) is 3.17. The summed E-state index contributed by atoms with van der Waals surface area (Å²) in [4.78, 5) is 18.3. The largest absolute Gasteiger partial charge is 0.339 e. The van der Waals surface area contributed by atoms with E-state index in [0.29, 0.717) is 24.7 Å². The third kappa shape index (κ3) is 4.31. The van der Waals surface area contributed by atoms with Gasteiger partial charge in [0.15, 0.2) is 5.82 Å². The van der Waals surface area contributed by atoms with Crippen LogP contribution in [0.1, 0.15) is 37.0 Å². The monoisotopic (exact) mass is 362 g/mol. The van der Waals surface area contributed by atoms with Gasteiger partial charge in [0, 0.05) is 31.1 Å². The van der Waals surface area contributed by atoms with Crippen LogP contribution >= 0.6 is 11.6 Å². The van der Waals surface area contributed by atoms with Crippen molar-refractivity contribution in [2.75, 3.05) is 19.6 Å². The van der Waals surface area contributed by atoms with Gasteiger partial charge >= 0.3 is 6.03 Å². The maximum atomic E-state index is 12.3. The van der Waals surface area contributed by atoms with Crippen LogP contribution in [0.2, 0.25) is 5.02 Å². The summed E-state index contributed by atoms with van der Waals surface area (Å²) in [6.45, 7) is 6.00. The summed E-state index contributed by atoms with van der Waals surface area (Å²) in [5.41, 5.74) is 1.37. The molecule has 2 heterocycles. The molecule has 1 aliphatic rings. The number of urea groups is 1. The first-order chi connectivity index (χ1) is 12.0. The van der Waals surface area contributed by atoms with Gasteiger partial charge in [0.05, 0.1) is 0 Å². The van der Waals surface area contributed by atoms with Gasteiger partial charge in [-0.05, 0) is 42.9 Å². The van der Waals surface area contributed by atoms with Crippen molar-refractivity contribution in [1.82, 2.24) is 20.4 Å². The minimum Gasteiger partial charge on any atom is -0.339 e. The number of aromatic nitrogens is 2. The van der Waals surface area contributed by atoms with Gasteiger partial charge in [0.25, 0.3) is 0 Å². The summed E-state index contributed by atoms with van der Waals surface area (Å²) in [5, 5.41) is 7.41. The van der Waals surface area contributed by atoms with E-state index in [-0.39, 0.29) is 11.4 Å². The fourth-order valence-corrected chi connectivity index (χ4v) is 3.30. The van der Waals surface area contributed by atoms with E-state index in [4.69, 9.17) is 16.1 Å². The number of rotatable bonds is 4. The molecule has 0 radical (unpaired) electrons. The van der Waals surface area contributed by atoms with Crippen LogP contribution in [0.25, 0.3) is 0 Å². The molecule has 3 rings (SSSR count). The first-order valence-electron chi connectivity index (χ1n) is 8.54. The minimum absolute atomic E-state index is 0.0330. The lowest BCUT2D eigenvalue weighted by Crippen LogP contribution is -2.48. The molecule has 7 heteroatoms. The van der Waals surface area contributed by atoms with E-state index in [2.05, 4.69) is 34.5 Å². The molecule has 1 saturated heterocycles. The molecule has 25 heavy (non-hydrogen) atoms. The van der Waals surface area contributed by atoms with Gasteiger partial charge in [0.2, 0.25) is 5.89 Å². The van der Waals surface area contributed by atoms with Gasteiger partial charge in [-0.1, -0.05) is 35.8 Å². The number of carbonyl (C=O) groups excluding carboxylic acids is 1. The number of nitrogens with zero attached hydrogens (tertiary/aromatic N) is 3. The number of halogens is 1. The topological polar surface area (TPSA) is 71.3 Å². The first-order valence-corrected chi connectivity index (χ1v) is 8.92. The van der Waals surface area contributed by atoms with E-state index in [1.165, 1.54) is 5.56 Å². The molecule has 2 amide bonds. The smallest absolute Gasteiger partial charge is 0.317 e. The van der Waals surface area contributed by atoms with Crippen LogP contribution in [0.15, 0.2) is 28.8 Å². The van der Waals surface area contributed by atoms with Crippen LogP contribution < -0.4 is 5.32 Å². The molecular formula is C18H23ClN4O2. The lowest BCUT2D eigenvalue weighted by molar-refractivity contribution is 0.163. The lowest BCUT2D eigenvalue weighted by atomic mass is 9.74. The predicted molar refractivity (Wildman–Crippen MR) is 95.7 cm³/mol. The third-order valence-corrected chi connectivity index (χ3v) is 5.13. The Bertz CT molecular complexity index is 721. The van der Waals surface area contributed by atoms with Crippen molar-refractivity contribution < 1.29 is 9.32 Å². The van der Waals surface area contributed by atoms with E-state index < -0.39 is 0 Å². The Hall–Kier alpha value is -2.08. The summed E-state index contributed by atoms with van der Waals surface area (Å²) in [5.74, 6) is 1.16. The van der Waals surface area contributed by atoms with Crippen molar-refractivity contribution in [2.24, 2.45) is 0 Å². The van der Waals surface area contributed by atoms with Crippen LogP contribution in [0, 0.1) is 6.92 Å². The Labute approximate surface area is 152 Å². The molecule has 1 aromatic carbocycles. The number of aryl methyl sites for hydroxylation is 1. The highest BCUT2D eigenvalue weighted by atomic mass is 35.5. The van der Waals surface area contributed by atoms with Crippen LogP contribution in [-0.2, 0) is 11.8 Å². The van der Waals surface area contributed by atoms with Crippen molar-refractivity contribution in [3.05, 3.63) is 46.6 Å². The second kappa shape index (κ2) is 7.44. The second-order valence-corrected chi connectivity index (χ2v) is 7.21. The highest BCUT2D eigenvalue weighted by Gasteiger charge is 2.33. The predicted octanol–water partition coefficient (Wildman–Crippen LogP) is 3.34. The Morgan fingerprint density at radius 2 is 2.00 bits per heavy atom. The number of amides is 2. The number of hydrogen-bond acceptors (Lipinski definition) is 4. The quantitative estimate of drug-likeness (QED) is 0.905. The standard InChI is InChI=1S/C18H23ClN4O2/c1-13-21-16(25-22-13)7-10-20-17(24)23-11-8-18(2,9-12-23)14-3-5-15(19)6-4-14/h3-6H,7-12H2,1-2H3,(H,20,24). The second-order valence-electron chi connectivity index (χ2n) is 6.77. The van der Waals surface area contributed by atoms with E-state index in [1.54, 1.807) is 6.92 Å². The maximum Gasteiger partial charge on any atom is 0.317 e. The zero-order valence-electron chi connectivity index (χ0n) is 14.6. The molecule has 6 nitrogen and oxygen atoms in total. The summed E-state index contributed by atoms with van der Waals surface area (Å²) < 4.78 is 5.04. The average Bonchev–Trinajstić information content (AvgIpc) is 3.01. The molecule has 0 atom stereocenters. The summed E-state index contributed by atoms with van der Waals surface area (Å²) in [7, 11) is 0. The Morgan fingerprint density at radius 1 is 1.32 bits per heavy atom. The normalized spacial score (nSPS) is 16.7. The molecule has 1 aromatic heterocycles. The Kier molecular flexibility index (Phi) is 5.27. The van der Waals surface area contributed by atoms with E-state index in [9.17, 15) is 4.79 Å². The number of nitrogens with one attached hydrogen (secondary N) is 1. The molecule has 1 fully saturated rings. The van der Waals surface area contributed by atoms with Crippen LogP contribution in [0.3, 0.4) is 0 Å². The van der Waals surface area contributed by atoms with Gasteiger partial charge < -0.3 is 14.7 Å². The molecule has 0 spiro atoms. The highest BCUT2D eigenvalue weighted by Crippen LogP contribution is 2.35. The molecule has 0 saturated carbocycles. The van der Waals surface area contributed by atoms with E-state index >= 15 is 0 Å². The van der Waals surface area contributed by atoms with Gasteiger partial charge in [0.1, 0.15) is 0 Å². The summed E-state index contributed by atoms with van der Waals surface area (Å²) in [6, 6.07) is 8.00. The average molecular weight is 363 g/mol. The van der Waals surface area contributed by atoms with E-state index in [0.717, 1.165) is 31.0 Å². The summed E-state index contributed by atoms with van der Waals surface area (Å²) in [6.07, 6.45) is 2.42. The number of carbonyl (C=O) groups is 1. The van der Waals surface area contributed by atoms with Gasteiger partial charge in [-0.3, -0.25) is 0 Å². The SMILES string of the molecule is Cc1noc(CCNC(=O)N2CCC(C)(c3ccc(Cl)cc3)CC2)n1. The Morgan fingerprint density at radius 3 is 2.60 bits per heavy atom. The lowest BCUT2D eigenvalue weighted by Gasteiger charge is -2.39. The molecule has 1 aliphatic heterocycles. The third-order valence-electron chi connectivity index (χ3n) is 4.88. The zero-order chi connectivity index (χ0) is 17.9. The number of benzene rings is 1. The zero-order valence-corrected chi connectivity index (χ0v) is 15.3. The Balaban J connectivity index is 1.47. The van der Waals surface area contributed by atoms with Gasteiger partial charge in [-0.15, -0.1) is 0 Å². The first kappa shape index (κ1) is 17.7. The van der Waals surface area contributed by atoms with Crippen molar-refractivity contribution in [2.45, 2.75) is 38.5 Å². The van der Waals surface area contributed by atoms with Gasteiger partial charge in [-0.25, -0.2) is 4.79 Å². The van der Waals surface area contributed by atoms with Crippen molar-refractivity contribution >= 4 is 17.6 Å². The molecular weight excluding hydrogens is 340 g/mol. The number of piperidine rings is 1. The van der Waals surface area contributed by atoms with Crippen molar-refractivity contribution in [3.8, 4) is 0 Å². The highest BCUT2D eigenvalue weighted by molar-refractivity contribution is 6.30. The van der Waals surface area contributed by atoms with Crippen molar-refractivity contribution in [1.29, 1.82) is 0 Å². The van der Waals surface area contributed by atoms with Gasteiger partial charge in [-0.2, -0.15) is 4.98 Å².